The predicted molar refractivity (Wildman–Crippen MR) is 126 cm³/mol. The van der Waals surface area contributed by atoms with Gasteiger partial charge in [0, 0.05) is 17.1 Å². The van der Waals surface area contributed by atoms with Crippen LogP contribution in [0.15, 0.2) is 29.1 Å². The fourth-order valence-electron chi connectivity index (χ4n) is 5.63. The first-order chi connectivity index (χ1) is 15.7. The van der Waals surface area contributed by atoms with E-state index in [0.717, 1.165) is 60.9 Å². The molecule has 3 aromatic rings. The second-order valence-corrected chi connectivity index (χ2v) is 9.59. The molecule has 7 heteroatoms. The molecule has 170 valence electrons. The van der Waals surface area contributed by atoms with E-state index in [1.807, 2.05) is 10.7 Å². The number of aromatic nitrogens is 5. The van der Waals surface area contributed by atoms with Gasteiger partial charge in [-0.1, -0.05) is 38.7 Å². The van der Waals surface area contributed by atoms with Gasteiger partial charge in [-0.3, -0.25) is 9.69 Å². The summed E-state index contributed by atoms with van der Waals surface area (Å²) in [5, 5.41) is 14.2. The van der Waals surface area contributed by atoms with Gasteiger partial charge in [-0.05, 0) is 85.1 Å². The van der Waals surface area contributed by atoms with E-state index in [1.54, 1.807) is 0 Å². The van der Waals surface area contributed by atoms with Crippen molar-refractivity contribution in [2.45, 2.75) is 89.8 Å². The molecule has 7 nitrogen and oxygen atoms in total. The van der Waals surface area contributed by atoms with E-state index in [0.29, 0.717) is 12.1 Å². The molecule has 2 unspecified atom stereocenters. The van der Waals surface area contributed by atoms with Crippen LogP contribution in [0.4, 0.5) is 0 Å². The summed E-state index contributed by atoms with van der Waals surface area (Å²) < 4.78 is 2.04. The van der Waals surface area contributed by atoms with Crippen LogP contribution in [0.5, 0.6) is 0 Å². The molecule has 32 heavy (non-hydrogen) atoms. The lowest BCUT2D eigenvalue weighted by molar-refractivity contribution is 0.114. The van der Waals surface area contributed by atoms with Crippen molar-refractivity contribution in [3.63, 3.8) is 0 Å². The summed E-state index contributed by atoms with van der Waals surface area (Å²) in [5.74, 6) is 0.821. The van der Waals surface area contributed by atoms with Crippen LogP contribution in [0.1, 0.15) is 94.2 Å². The third kappa shape index (κ3) is 3.98. The predicted octanol–water partition coefficient (Wildman–Crippen LogP) is 4.55. The van der Waals surface area contributed by atoms with Crippen molar-refractivity contribution in [1.29, 1.82) is 0 Å². The van der Waals surface area contributed by atoms with E-state index >= 15 is 0 Å². The first-order valence-corrected chi connectivity index (χ1v) is 12.3. The highest BCUT2D eigenvalue weighted by Crippen LogP contribution is 2.35. The minimum absolute atomic E-state index is 0.0392. The Hall–Kier alpha value is -2.54. The van der Waals surface area contributed by atoms with E-state index in [4.69, 9.17) is 0 Å². The standard InChI is InChI=1S/C25H34N6O/c1-3-18-12-13-22-19(15-18)16-21(25(32)26-22)23(30-14-8-7-9-17(30)2)24-27-28-29-31(24)20-10-5-4-6-11-20/h12-13,15-17,20,23H,3-11,14H2,1-2H3,(H,26,32). The summed E-state index contributed by atoms with van der Waals surface area (Å²) in [6.07, 6.45) is 10.4. The number of tetrazole rings is 1. The highest BCUT2D eigenvalue weighted by Gasteiger charge is 2.35. The summed E-state index contributed by atoms with van der Waals surface area (Å²) in [4.78, 5) is 19.0. The monoisotopic (exact) mass is 434 g/mol. The molecule has 1 aromatic carbocycles. The highest BCUT2D eigenvalue weighted by atomic mass is 16.1. The van der Waals surface area contributed by atoms with Crippen LogP contribution in [0.3, 0.4) is 0 Å². The lowest BCUT2D eigenvalue weighted by atomic mass is 9.93. The number of likely N-dealkylation sites (tertiary alicyclic amines) is 1. The number of rotatable bonds is 5. The minimum Gasteiger partial charge on any atom is -0.322 e. The molecular weight excluding hydrogens is 400 g/mol. The molecule has 0 spiro atoms. The smallest absolute Gasteiger partial charge is 0.253 e. The Kier molecular flexibility index (Phi) is 6.09. The normalized spacial score (nSPS) is 21.8. The van der Waals surface area contributed by atoms with Crippen molar-refractivity contribution in [2.75, 3.05) is 6.54 Å². The first kappa shape index (κ1) is 21.3. The van der Waals surface area contributed by atoms with Gasteiger partial charge in [-0.2, -0.15) is 0 Å². The van der Waals surface area contributed by atoms with Crippen molar-refractivity contribution in [3.8, 4) is 0 Å². The van der Waals surface area contributed by atoms with Crippen molar-refractivity contribution in [2.24, 2.45) is 0 Å². The van der Waals surface area contributed by atoms with Gasteiger partial charge < -0.3 is 4.98 Å². The Morgan fingerprint density at radius 2 is 1.91 bits per heavy atom. The van der Waals surface area contributed by atoms with E-state index < -0.39 is 0 Å². The van der Waals surface area contributed by atoms with Crippen LogP contribution < -0.4 is 5.56 Å². The van der Waals surface area contributed by atoms with Crippen LogP contribution in [0.2, 0.25) is 0 Å². The maximum Gasteiger partial charge on any atom is 0.253 e. The van der Waals surface area contributed by atoms with Gasteiger partial charge in [-0.15, -0.1) is 5.10 Å². The number of nitrogens with zero attached hydrogens (tertiary/aromatic N) is 5. The molecule has 1 saturated heterocycles. The Morgan fingerprint density at radius 3 is 2.69 bits per heavy atom. The van der Waals surface area contributed by atoms with Crippen LogP contribution in [-0.2, 0) is 6.42 Å². The molecule has 2 atom stereocenters. The first-order valence-electron chi connectivity index (χ1n) is 12.3. The highest BCUT2D eigenvalue weighted by molar-refractivity contribution is 5.80. The lowest BCUT2D eigenvalue weighted by Gasteiger charge is -2.39. The zero-order valence-corrected chi connectivity index (χ0v) is 19.3. The topological polar surface area (TPSA) is 79.7 Å². The zero-order chi connectivity index (χ0) is 22.1. The minimum atomic E-state index is -0.236. The van der Waals surface area contributed by atoms with Gasteiger partial charge in [0.1, 0.15) is 6.04 Å². The van der Waals surface area contributed by atoms with E-state index in [-0.39, 0.29) is 11.6 Å². The van der Waals surface area contributed by atoms with Gasteiger partial charge in [-0.25, -0.2) is 4.68 Å². The van der Waals surface area contributed by atoms with Crippen LogP contribution in [0.25, 0.3) is 10.9 Å². The van der Waals surface area contributed by atoms with E-state index in [9.17, 15) is 4.79 Å². The second kappa shape index (κ2) is 9.14. The third-order valence-corrected chi connectivity index (χ3v) is 7.51. The molecule has 1 N–H and O–H groups in total. The number of nitrogens with one attached hydrogen (secondary N) is 1. The SMILES string of the molecule is CCc1ccc2[nH]c(=O)c(C(c3nnnn3C3CCCCC3)N3CCCCC3C)cc2c1. The summed E-state index contributed by atoms with van der Waals surface area (Å²) in [6.45, 7) is 5.38. The zero-order valence-electron chi connectivity index (χ0n) is 19.3. The number of benzene rings is 1. The Morgan fingerprint density at radius 1 is 1.09 bits per heavy atom. The fourth-order valence-corrected chi connectivity index (χ4v) is 5.63. The maximum atomic E-state index is 13.4. The molecule has 3 heterocycles. The van der Waals surface area contributed by atoms with Gasteiger partial charge in [0.15, 0.2) is 5.82 Å². The average molecular weight is 435 g/mol. The molecule has 1 saturated carbocycles. The third-order valence-electron chi connectivity index (χ3n) is 7.51. The summed E-state index contributed by atoms with van der Waals surface area (Å²) in [7, 11) is 0. The van der Waals surface area contributed by atoms with Gasteiger partial charge in [0.25, 0.3) is 5.56 Å². The van der Waals surface area contributed by atoms with Crippen LogP contribution in [0, 0.1) is 0 Å². The van der Waals surface area contributed by atoms with E-state index in [1.165, 1.54) is 31.2 Å². The quantitative estimate of drug-likeness (QED) is 0.637. The molecule has 2 aliphatic rings. The van der Waals surface area contributed by atoms with Crippen molar-refractivity contribution < 1.29 is 0 Å². The van der Waals surface area contributed by atoms with Gasteiger partial charge in [0.05, 0.1) is 6.04 Å². The Balaban J connectivity index is 1.65. The van der Waals surface area contributed by atoms with Crippen LogP contribution in [-0.4, -0.2) is 42.7 Å². The van der Waals surface area contributed by atoms with Crippen molar-refractivity contribution in [3.05, 3.63) is 51.6 Å². The Bertz CT molecular complexity index is 1130. The van der Waals surface area contributed by atoms with E-state index in [2.05, 4.69) is 57.5 Å². The number of piperidine rings is 1. The second-order valence-electron chi connectivity index (χ2n) is 9.59. The molecule has 2 aromatic heterocycles. The van der Waals surface area contributed by atoms with Gasteiger partial charge >= 0.3 is 0 Å². The number of aryl methyl sites for hydroxylation is 1. The Labute approximate surface area is 189 Å². The molecular formula is C25H34N6O. The molecule has 2 fully saturated rings. The number of hydrogen-bond acceptors (Lipinski definition) is 5. The molecule has 1 aliphatic carbocycles. The molecule has 0 amide bonds. The molecule has 5 rings (SSSR count). The largest absolute Gasteiger partial charge is 0.322 e. The number of aromatic amines is 1. The molecule has 0 radical (unpaired) electrons. The number of pyridine rings is 1. The van der Waals surface area contributed by atoms with Crippen molar-refractivity contribution in [1.82, 2.24) is 30.1 Å². The number of H-pyrrole nitrogens is 1. The van der Waals surface area contributed by atoms with Gasteiger partial charge in [0.2, 0.25) is 0 Å². The fraction of sp³-hybridized carbons (Fsp3) is 0.600. The maximum absolute atomic E-state index is 13.4. The summed E-state index contributed by atoms with van der Waals surface area (Å²) in [6, 6.07) is 8.84. The van der Waals surface area contributed by atoms with Crippen molar-refractivity contribution >= 4 is 10.9 Å². The lowest BCUT2D eigenvalue weighted by Crippen LogP contribution is -2.43. The average Bonchev–Trinajstić information content (AvgIpc) is 3.30. The molecule has 1 aliphatic heterocycles. The summed E-state index contributed by atoms with van der Waals surface area (Å²) in [5.41, 5.74) is 2.87. The number of hydrogen-bond donors (Lipinski definition) is 1. The summed E-state index contributed by atoms with van der Waals surface area (Å²) >= 11 is 0. The van der Waals surface area contributed by atoms with Crippen LogP contribution >= 0.6 is 0 Å². The molecule has 0 bridgehead atoms. The number of fused-ring (bicyclic) bond motifs is 1.